The van der Waals surface area contributed by atoms with Gasteiger partial charge >= 0.3 is 0 Å². The molecule has 1 atom stereocenters. The van der Waals surface area contributed by atoms with E-state index in [0.29, 0.717) is 6.42 Å². The minimum atomic E-state index is -0.579. The molecule has 0 spiro atoms. The number of carbonyl (C=O) groups excluding carboxylic acids is 1. The van der Waals surface area contributed by atoms with Crippen LogP contribution >= 0.6 is 0 Å². The van der Waals surface area contributed by atoms with E-state index in [1.165, 1.54) is 0 Å². The van der Waals surface area contributed by atoms with Crippen LogP contribution < -0.4 is 11.1 Å². The van der Waals surface area contributed by atoms with Gasteiger partial charge < -0.3 is 16.2 Å². The number of carbonyl (C=O) groups is 1. The molecular formula is C8H18N2O2. The number of aliphatic hydroxyl groups excluding tert-OH is 1. The predicted molar refractivity (Wildman–Crippen MR) is 47.6 cm³/mol. The molecule has 0 aliphatic heterocycles. The Balaban J connectivity index is 4.00. The van der Waals surface area contributed by atoms with E-state index in [0.717, 1.165) is 0 Å². The zero-order valence-corrected chi connectivity index (χ0v) is 7.92. The SMILES string of the molecule is CC[C@H](N)C(=O)NC(C)(C)CO. The molecule has 4 heteroatoms. The molecule has 0 radical (unpaired) electrons. The third-order valence-corrected chi connectivity index (χ3v) is 1.63. The third kappa shape index (κ3) is 3.69. The lowest BCUT2D eigenvalue weighted by Crippen LogP contribution is -2.52. The lowest BCUT2D eigenvalue weighted by molar-refractivity contribution is -0.124. The van der Waals surface area contributed by atoms with Crippen LogP contribution in [0.2, 0.25) is 0 Å². The van der Waals surface area contributed by atoms with E-state index >= 15 is 0 Å². The Bertz CT molecular complexity index is 157. The smallest absolute Gasteiger partial charge is 0.237 e. The number of nitrogens with two attached hydrogens (primary N) is 1. The molecular weight excluding hydrogens is 156 g/mol. The molecule has 0 heterocycles. The highest BCUT2D eigenvalue weighted by Crippen LogP contribution is 2.00. The second-order valence-corrected chi connectivity index (χ2v) is 3.55. The van der Waals surface area contributed by atoms with Gasteiger partial charge in [-0.3, -0.25) is 4.79 Å². The lowest BCUT2D eigenvalue weighted by Gasteiger charge is -2.25. The largest absolute Gasteiger partial charge is 0.394 e. The van der Waals surface area contributed by atoms with Crippen LogP contribution in [0.15, 0.2) is 0 Å². The first-order valence-corrected chi connectivity index (χ1v) is 4.11. The number of amides is 1. The number of hydrogen-bond donors (Lipinski definition) is 3. The number of hydrogen-bond acceptors (Lipinski definition) is 3. The normalized spacial score (nSPS) is 14.1. The maximum atomic E-state index is 11.2. The van der Waals surface area contributed by atoms with Crippen molar-refractivity contribution in [2.45, 2.75) is 38.8 Å². The fraction of sp³-hybridized carbons (Fsp3) is 0.875. The van der Waals surface area contributed by atoms with Gasteiger partial charge in [0.15, 0.2) is 0 Å². The summed E-state index contributed by atoms with van der Waals surface area (Å²) in [7, 11) is 0. The number of nitrogens with one attached hydrogen (secondary N) is 1. The van der Waals surface area contributed by atoms with Gasteiger partial charge in [0.2, 0.25) is 5.91 Å². The quantitative estimate of drug-likeness (QED) is 0.543. The van der Waals surface area contributed by atoms with Crippen LogP contribution in [0.4, 0.5) is 0 Å². The van der Waals surface area contributed by atoms with Gasteiger partial charge in [0, 0.05) is 0 Å². The summed E-state index contributed by atoms with van der Waals surface area (Å²) in [6, 6.07) is -0.476. The fourth-order valence-electron chi connectivity index (χ4n) is 0.651. The van der Waals surface area contributed by atoms with Crippen LogP contribution in [0.25, 0.3) is 0 Å². The molecule has 0 unspecified atom stereocenters. The van der Waals surface area contributed by atoms with Crippen LogP contribution in [0.5, 0.6) is 0 Å². The highest BCUT2D eigenvalue weighted by Gasteiger charge is 2.21. The summed E-state index contributed by atoms with van der Waals surface area (Å²) < 4.78 is 0. The first kappa shape index (κ1) is 11.4. The van der Waals surface area contributed by atoms with Crippen LogP contribution in [0.3, 0.4) is 0 Å². The lowest BCUT2D eigenvalue weighted by atomic mass is 10.1. The minimum absolute atomic E-state index is 0.0881. The molecule has 0 aliphatic carbocycles. The Kier molecular flexibility index (Phi) is 4.20. The fourth-order valence-corrected chi connectivity index (χ4v) is 0.651. The topological polar surface area (TPSA) is 75.4 Å². The van der Waals surface area contributed by atoms with Gasteiger partial charge in [-0.1, -0.05) is 6.92 Å². The van der Waals surface area contributed by atoms with Crippen molar-refractivity contribution >= 4 is 5.91 Å². The average Bonchev–Trinajstić information content (AvgIpc) is 2.02. The summed E-state index contributed by atoms with van der Waals surface area (Å²) in [5.74, 6) is -0.212. The van der Waals surface area contributed by atoms with Crippen molar-refractivity contribution in [1.29, 1.82) is 0 Å². The van der Waals surface area contributed by atoms with Gasteiger partial charge in [-0.15, -0.1) is 0 Å². The first-order valence-electron chi connectivity index (χ1n) is 4.11. The molecule has 1 amide bonds. The molecule has 0 aromatic rings. The monoisotopic (exact) mass is 174 g/mol. The van der Waals surface area contributed by atoms with E-state index in [2.05, 4.69) is 5.32 Å². The Morgan fingerprint density at radius 2 is 2.17 bits per heavy atom. The van der Waals surface area contributed by atoms with Crippen molar-refractivity contribution < 1.29 is 9.90 Å². The Hall–Kier alpha value is -0.610. The summed E-state index contributed by atoms with van der Waals surface area (Å²) in [6.45, 7) is 5.24. The van der Waals surface area contributed by atoms with Gasteiger partial charge in [-0.05, 0) is 20.3 Å². The van der Waals surface area contributed by atoms with E-state index in [1.807, 2.05) is 6.92 Å². The number of aliphatic hydroxyl groups is 1. The van der Waals surface area contributed by atoms with E-state index in [9.17, 15) is 4.79 Å². The zero-order chi connectivity index (χ0) is 9.78. The highest BCUT2D eigenvalue weighted by atomic mass is 16.3. The van der Waals surface area contributed by atoms with Crippen LogP contribution in [0.1, 0.15) is 27.2 Å². The van der Waals surface area contributed by atoms with Gasteiger partial charge in [0.1, 0.15) is 0 Å². The molecule has 0 aromatic heterocycles. The predicted octanol–water partition coefficient (Wildman–Crippen LogP) is -0.389. The maximum absolute atomic E-state index is 11.2. The summed E-state index contributed by atoms with van der Waals surface area (Å²) in [5, 5.41) is 11.5. The minimum Gasteiger partial charge on any atom is -0.394 e. The Morgan fingerprint density at radius 3 is 2.50 bits per heavy atom. The summed E-state index contributed by atoms with van der Waals surface area (Å²) in [6.07, 6.45) is 0.605. The van der Waals surface area contributed by atoms with Crippen molar-refractivity contribution in [1.82, 2.24) is 5.32 Å². The molecule has 0 aromatic carbocycles. The molecule has 0 saturated heterocycles. The van der Waals surface area contributed by atoms with Gasteiger partial charge in [0.25, 0.3) is 0 Å². The van der Waals surface area contributed by atoms with E-state index in [4.69, 9.17) is 10.8 Å². The van der Waals surface area contributed by atoms with E-state index < -0.39 is 11.6 Å². The molecule has 12 heavy (non-hydrogen) atoms. The second-order valence-electron chi connectivity index (χ2n) is 3.55. The number of rotatable bonds is 4. The van der Waals surface area contributed by atoms with Crippen molar-refractivity contribution in [3.63, 3.8) is 0 Å². The van der Waals surface area contributed by atoms with Crippen LogP contribution in [-0.4, -0.2) is 29.2 Å². The van der Waals surface area contributed by atoms with Crippen molar-refractivity contribution in [3.05, 3.63) is 0 Å². The molecule has 0 aliphatic rings. The maximum Gasteiger partial charge on any atom is 0.237 e. The van der Waals surface area contributed by atoms with Crippen molar-refractivity contribution in [2.24, 2.45) is 5.73 Å². The molecule has 4 N–H and O–H groups in total. The zero-order valence-electron chi connectivity index (χ0n) is 7.92. The van der Waals surface area contributed by atoms with Crippen molar-refractivity contribution in [3.8, 4) is 0 Å². The van der Waals surface area contributed by atoms with Crippen LogP contribution in [0, 0.1) is 0 Å². The molecule has 0 fully saturated rings. The Labute approximate surface area is 73.1 Å². The van der Waals surface area contributed by atoms with Gasteiger partial charge in [-0.25, -0.2) is 0 Å². The molecule has 0 saturated carbocycles. The molecule has 0 bridgehead atoms. The summed E-state index contributed by atoms with van der Waals surface area (Å²) in [4.78, 5) is 11.2. The second kappa shape index (κ2) is 4.42. The summed E-state index contributed by atoms with van der Waals surface area (Å²) >= 11 is 0. The van der Waals surface area contributed by atoms with E-state index in [1.54, 1.807) is 13.8 Å². The van der Waals surface area contributed by atoms with Gasteiger partial charge in [0.05, 0.1) is 18.2 Å². The van der Waals surface area contributed by atoms with Gasteiger partial charge in [-0.2, -0.15) is 0 Å². The Morgan fingerprint density at radius 1 is 1.67 bits per heavy atom. The molecule has 0 rings (SSSR count). The van der Waals surface area contributed by atoms with Crippen molar-refractivity contribution in [2.75, 3.05) is 6.61 Å². The van der Waals surface area contributed by atoms with Crippen LogP contribution in [-0.2, 0) is 4.79 Å². The third-order valence-electron chi connectivity index (χ3n) is 1.63. The highest BCUT2D eigenvalue weighted by molar-refractivity contribution is 5.82. The average molecular weight is 174 g/mol. The summed E-state index contributed by atoms with van der Waals surface area (Å²) in [5.41, 5.74) is 4.91. The first-order chi connectivity index (χ1) is 5.43. The standard InChI is InChI=1S/C8H18N2O2/c1-4-6(9)7(12)10-8(2,3)5-11/h6,11H,4-5,9H2,1-3H3,(H,10,12)/t6-/m0/s1. The molecule has 4 nitrogen and oxygen atoms in total. The van der Waals surface area contributed by atoms with E-state index in [-0.39, 0.29) is 12.5 Å². The molecule has 72 valence electrons.